The molecular formula is C24H29ClN6O3. The summed E-state index contributed by atoms with van der Waals surface area (Å²) in [4.78, 5) is 38.5. The molecule has 1 aromatic carbocycles. The van der Waals surface area contributed by atoms with E-state index in [-0.39, 0.29) is 30.0 Å². The zero-order valence-corrected chi connectivity index (χ0v) is 20.2. The second-order valence-corrected chi connectivity index (χ2v) is 9.83. The van der Waals surface area contributed by atoms with Crippen LogP contribution in [0.2, 0.25) is 5.02 Å². The van der Waals surface area contributed by atoms with Crippen molar-refractivity contribution in [3.05, 3.63) is 46.7 Å². The standard InChI is InChI=1S/C24H29ClN6O3/c1-13(2)26-11-17(15-4-6-16(25)7-5-15)23(32)31-9-8-30(18-10-19(18)31)22-20-14(3)34-24(33)29-21(20)27-12-28-22/h4-7,12-14,17-19,26H,8-11H2,1-3H3,(H,27,28,29,33)/t14-,17-,18-,19+/m1/s1. The summed E-state index contributed by atoms with van der Waals surface area (Å²) < 4.78 is 5.35. The third-order valence-corrected chi connectivity index (χ3v) is 6.99. The number of rotatable bonds is 6. The number of nitrogens with one attached hydrogen (secondary N) is 2. The summed E-state index contributed by atoms with van der Waals surface area (Å²) in [6.45, 7) is 7.81. The molecule has 0 bridgehead atoms. The normalized spacial score (nSPS) is 24.1. The third kappa shape index (κ3) is 4.30. The van der Waals surface area contributed by atoms with Gasteiger partial charge in [0.2, 0.25) is 5.91 Å². The van der Waals surface area contributed by atoms with Crippen LogP contribution in [0.3, 0.4) is 0 Å². The van der Waals surface area contributed by atoms with Gasteiger partial charge in [-0.2, -0.15) is 0 Å². The topological polar surface area (TPSA) is 99.7 Å². The number of carbonyl (C=O) groups excluding carboxylic acids is 2. The fourth-order valence-electron chi connectivity index (χ4n) is 4.95. The quantitative estimate of drug-likeness (QED) is 0.648. The molecule has 1 aliphatic carbocycles. The van der Waals surface area contributed by atoms with Crippen molar-refractivity contribution < 1.29 is 14.3 Å². The molecule has 1 aromatic heterocycles. The van der Waals surface area contributed by atoms with Crippen molar-refractivity contribution in [2.75, 3.05) is 29.9 Å². The molecule has 5 rings (SSSR count). The molecule has 1 saturated carbocycles. The van der Waals surface area contributed by atoms with Crippen LogP contribution in [0.5, 0.6) is 0 Å². The van der Waals surface area contributed by atoms with E-state index in [2.05, 4.69) is 39.3 Å². The minimum atomic E-state index is -0.507. The number of amides is 2. The van der Waals surface area contributed by atoms with Gasteiger partial charge in [-0.1, -0.05) is 37.6 Å². The fraction of sp³-hybridized carbons (Fsp3) is 0.500. The SMILES string of the molecule is CC(C)NC[C@@H](C(=O)N1CCN(c2ncnc3c2[C@@H](C)OC(=O)N3)[C@@H]2C[C@@H]21)c1ccc(Cl)cc1. The molecule has 180 valence electrons. The number of carbonyl (C=O) groups is 2. The van der Waals surface area contributed by atoms with E-state index in [9.17, 15) is 9.59 Å². The summed E-state index contributed by atoms with van der Waals surface area (Å²) in [5.74, 6) is 1.12. The van der Waals surface area contributed by atoms with Crippen molar-refractivity contribution in [1.29, 1.82) is 0 Å². The van der Waals surface area contributed by atoms with E-state index in [1.807, 2.05) is 36.1 Å². The number of hydrogen-bond donors (Lipinski definition) is 2. The van der Waals surface area contributed by atoms with E-state index >= 15 is 0 Å². The number of nitrogens with zero attached hydrogens (tertiary/aromatic N) is 4. The maximum Gasteiger partial charge on any atom is 0.413 e. The molecule has 34 heavy (non-hydrogen) atoms. The summed E-state index contributed by atoms with van der Waals surface area (Å²) >= 11 is 6.09. The predicted octanol–water partition coefficient (Wildman–Crippen LogP) is 3.32. The average Bonchev–Trinajstić information content (AvgIpc) is 3.60. The van der Waals surface area contributed by atoms with Gasteiger partial charge in [-0.25, -0.2) is 14.8 Å². The number of halogens is 1. The van der Waals surface area contributed by atoms with Crippen LogP contribution in [-0.2, 0) is 9.53 Å². The number of aromatic nitrogens is 2. The Kier molecular flexibility index (Phi) is 6.07. The fourth-order valence-corrected chi connectivity index (χ4v) is 5.08. The van der Waals surface area contributed by atoms with E-state index in [0.717, 1.165) is 23.4 Å². The molecular weight excluding hydrogens is 456 g/mol. The van der Waals surface area contributed by atoms with Gasteiger partial charge < -0.3 is 19.9 Å². The Labute approximate surface area is 203 Å². The number of hydrogen-bond acceptors (Lipinski definition) is 7. The third-order valence-electron chi connectivity index (χ3n) is 6.74. The predicted molar refractivity (Wildman–Crippen MR) is 129 cm³/mol. The van der Waals surface area contributed by atoms with Crippen LogP contribution in [-0.4, -0.2) is 64.6 Å². The van der Waals surface area contributed by atoms with Gasteiger partial charge in [-0.15, -0.1) is 0 Å². The van der Waals surface area contributed by atoms with Gasteiger partial charge in [-0.3, -0.25) is 10.1 Å². The minimum absolute atomic E-state index is 0.134. The first-order valence-electron chi connectivity index (χ1n) is 11.7. The average molecular weight is 485 g/mol. The molecule has 0 radical (unpaired) electrons. The van der Waals surface area contributed by atoms with Gasteiger partial charge in [0, 0.05) is 30.7 Å². The van der Waals surface area contributed by atoms with Gasteiger partial charge in [0.25, 0.3) is 0 Å². The molecule has 1 saturated heterocycles. The van der Waals surface area contributed by atoms with Crippen molar-refractivity contribution in [3.8, 4) is 0 Å². The largest absolute Gasteiger partial charge is 0.441 e. The van der Waals surface area contributed by atoms with Crippen LogP contribution in [0.1, 0.15) is 50.3 Å². The van der Waals surface area contributed by atoms with Crippen molar-refractivity contribution in [3.63, 3.8) is 0 Å². The second-order valence-electron chi connectivity index (χ2n) is 9.39. The van der Waals surface area contributed by atoms with Crippen molar-refractivity contribution in [2.24, 2.45) is 0 Å². The Balaban J connectivity index is 1.35. The van der Waals surface area contributed by atoms with E-state index in [1.165, 1.54) is 6.33 Å². The van der Waals surface area contributed by atoms with E-state index in [0.29, 0.717) is 30.5 Å². The molecule has 3 heterocycles. The maximum absolute atomic E-state index is 13.7. The Hall–Kier alpha value is -2.91. The summed E-state index contributed by atoms with van der Waals surface area (Å²) in [5, 5.41) is 6.75. The zero-order chi connectivity index (χ0) is 24.0. The van der Waals surface area contributed by atoms with Gasteiger partial charge in [0.05, 0.1) is 23.6 Å². The van der Waals surface area contributed by atoms with E-state index in [4.69, 9.17) is 16.3 Å². The summed E-state index contributed by atoms with van der Waals surface area (Å²) in [5.41, 5.74) is 1.75. The molecule has 0 unspecified atom stereocenters. The summed E-state index contributed by atoms with van der Waals surface area (Å²) in [7, 11) is 0. The second kappa shape index (κ2) is 9.03. The highest BCUT2D eigenvalue weighted by Crippen LogP contribution is 2.44. The van der Waals surface area contributed by atoms with Crippen LogP contribution < -0.4 is 15.5 Å². The first-order chi connectivity index (χ1) is 16.3. The molecule has 2 amide bonds. The number of ether oxygens (including phenoxy) is 1. The highest BCUT2D eigenvalue weighted by molar-refractivity contribution is 6.30. The van der Waals surface area contributed by atoms with Crippen LogP contribution >= 0.6 is 11.6 Å². The number of anilines is 2. The summed E-state index contributed by atoms with van der Waals surface area (Å²) in [6.07, 6.45) is 1.41. The van der Waals surface area contributed by atoms with Crippen molar-refractivity contribution >= 4 is 35.2 Å². The summed E-state index contributed by atoms with van der Waals surface area (Å²) in [6, 6.07) is 8.16. The lowest BCUT2D eigenvalue weighted by Gasteiger charge is -2.38. The van der Waals surface area contributed by atoms with Crippen LogP contribution in [0, 0.1) is 0 Å². The van der Waals surface area contributed by atoms with Gasteiger partial charge >= 0.3 is 6.09 Å². The number of piperazine rings is 1. The van der Waals surface area contributed by atoms with Gasteiger partial charge in [0.1, 0.15) is 24.1 Å². The molecule has 2 fully saturated rings. The maximum atomic E-state index is 13.7. The zero-order valence-electron chi connectivity index (χ0n) is 19.5. The molecule has 2 aliphatic heterocycles. The Morgan fingerprint density at radius 1 is 1.24 bits per heavy atom. The lowest BCUT2D eigenvalue weighted by Crippen LogP contribution is -2.51. The first kappa shape index (κ1) is 22.9. The molecule has 4 atom stereocenters. The Morgan fingerprint density at radius 3 is 2.74 bits per heavy atom. The smallest absolute Gasteiger partial charge is 0.413 e. The number of cyclic esters (lactones) is 1. The lowest BCUT2D eigenvalue weighted by molar-refractivity contribution is -0.133. The molecule has 0 spiro atoms. The Morgan fingerprint density at radius 2 is 2.00 bits per heavy atom. The van der Waals surface area contributed by atoms with Crippen LogP contribution in [0.4, 0.5) is 16.4 Å². The molecule has 2 N–H and O–H groups in total. The van der Waals surface area contributed by atoms with Gasteiger partial charge in [-0.05, 0) is 31.0 Å². The Bertz CT molecular complexity index is 1090. The minimum Gasteiger partial charge on any atom is -0.441 e. The monoisotopic (exact) mass is 484 g/mol. The van der Waals surface area contributed by atoms with E-state index < -0.39 is 12.2 Å². The molecule has 9 nitrogen and oxygen atoms in total. The van der Waals surface area contributed by atoms with Crippen LogP contribution in [0.25, 0.3) is 0 Å². The van der Waals surface area contributed by atoms with Crippen molar-refractivity contribution in [2.45, 2.75) is 57.3 Å². The van der Waals surface area contributed by atoms with E-state index in [1.54, 1.807) is 0 Å². The number of fused-ring (bicyclic) bond motifs is 2. The molecule has 10 heteroatoms. The number of benzene rings is 1. The first-order valence-corrected chi connectivity index (χ1v) is 12.1. The van der Waals surface area contributed by atoms with Crippen molar-refractivity contribution in [1.82, 2.24) is 20.2 Å². The van der Waals surface area contributed by atoms with Gasteiger partial charge in [0.15, 0.2) is 0 Å². The highest BCUT2D eigenvalue weighted by Gasteiger charge is 2.52. The molecule has 2 aromatic rings. The highest BCUT2D eigenvalue weighted by atomic mass is 35.5. The molecule has 3 aliphatic rings. The lowest BCUT2D eigenvalue weighted by atomic mass is 9.96. The van der Waals surface area contributed by atoms with Crippen LogP contribution in [0.15, 0.2) is 30.6 Å².